The van der Waals surface area contributed by atoms with Gasteiger partial charge in [0.25, 0.3) is 0 Å². The van der Waals surface area contributed by atoms with E-state index < -0.39 is 5.41 Å². The lowest BCUT2D eigenvalue weighted by atomic mass is 10.00. The van der Waals surface area contributed by atoms with Crippen LogP contribution in [0.5, 0.6) is 0 Å². The van der Waals surface area contributed by atoms with Crippen molar-refractivity contribution in [2.24, 2.45) is 0 Å². The number of carbonyl (C=O) groups is 1. The van der Waals surface area contributed by atoms with Crippen molar-refractivity contribution in [3.8, 4) is 11.3 Å². The van der Waals surface area contributed by atoms with E-state index >= 15 is 0 Å². The zero-order valence-electron chi connectivity index (χ0n) is 12.8. The molecular weight excluding hydrogens is 307 g/mol. The van der Waals surface area contributed by atoms with Gasteiger partial charge in [0.15, 0.2) is 5.76 Å². The van der Waals surface area contributed by atoms with Crippen LogP contribution >= 0.6 is 0 Å². The van der Waals surface area contributed by atoms with E-state index in [2.05, 4.69) is 10.5 Å². The molecule has 0 unspecified atom stereocenters. The van der Waals surface area contributed by atoms with Crippen molar-refractivity contribution in [2.75, 3.05) is 5.32 Å². The summed E-state index contributed by atoms with van der Waals surface area (Å²) in [6.07, 6.45) is 1.45. The van der Waals surface area contributed by atoms with Gasteiger partial charge in [-0.1, -0.05) is 35.5 Å². The van der Waals surface area contributed by atoms with Crippen LogP contribution in [0.1, 0.15) is 18.5 Å². The first kappa shape index (κ1) is 14.6. The van der Waals surface area contributed by atoms with Crippen LogP contribution in [0.2, 0.25) is 0 Å². The third-order valence-electron chi connectivity index (χ3n) is 4.35. The summed E-state index contributed by atoms with van der Waals surface area (Å²) in [6, 6.07) is 17.2. The minimum atomic E-state index is -0.648. The first-order valence-corrected chi connectivity index (χ1v) is 7.77. The van der Waals surface area contributed by atoms with Crippen molar-refractivity contribution in [1.82, 2.24) is 5.16 Å². The van der Waals surface area contributed by atoms with E-state index in [1.54, 1.807) is 12.1 Å². The van der Waals surface area contributed by atoms with Crippen LogP contribution < -0.4 is 5.32 Å². The predicted molar refractivity (Wildman–Crippen MR) is 87.9 cm³/mol. The molecule has 0 atom stereocenters. The second kappa shape index (κ2) is 5.60. The van der Waals surface area contributed by atoms with Gasteiger partial charge in [0.2, 0.25) is 5.91 Å². The molecule has 3 aromatic rings. The molecule has 24 heavy (non-hydrogen) atoms. The molecule has 1 N–H and O–H groups in total. The van der Waals surface area contributed by atoms with Crippen molar-refractivity contribution in [1.29, 1.82) is 0 Å². The quantitative estimate of drug-likeness (QED) is 0.785. The summed E-state index contributed by atoms with van der Waals surface area (Å²) in [4.78, 5) is 12.6. The number of benzene rings is 2. The molecule has 1 amide bonds. The Morgan fingerprint density at radius 3 is 2.46 bits per heavy atom. The van der Waals surface area contributed by atoms with Gasteiger partial charge in [0.05, 0.1) is 11.1 Å². The fourth-order valence-corrected chi connectivity index (χ4v) is 2.75. The number of amides is 1. The lowest BCUT2D eigenvalue weighted by Crippen LogP contribution is -2.28. The van der Waals surface area contributed by atoms with E-state index in [9.17, 15) is 9.18 Å². The Labute approximate surface area is 138 Å². The number of hydrogen-bond acceptors (Lipinski definition) is 3. The Balaban J connectivity index is 1.56. The Hall–Kier alpha value is -2.95. The highest BCUT2D eigenvalue weighted by Crippen LogP contribution is 2.49. The number of halogens is 1. The van der Waals surface area contributed by atoms with Crippen molar-refractivity contribution >= 4 is 11.6 Å². The van der Waals surface area contributed by atoms with E-state index in [1.165, 1.54) is 12.1 Å². The zero-order valence-corrected chi connectivity index (χ0v) is 12.8. The molecule has 5 heteroatoms. The first-order chi connectivity index (χ1) is 11.7. The number of aromatic nitrogens is 1. The molecule has 1 saturated carbocycles. The summed E-state index contributed by atoms with van der Waals surface area (Å²) in [7, 11) is 0. The van der Waals surface area contributed by atoms with Crippen molar-refractivity contribution in [2.45, 2.75) is 18.3 Å². The molecule has 0 bridgehead atoms. The summed E-state index contributed by atoms with van der Waals surface area (Å²) in [5.41, 5.74) is 1.48. The summed E-state index contributed by atoms with van der Waals surface area (Å²) in [5, 5.41) is 6.94. The van der Waals surface area contributed by atoms with Crippen LogP contribution in [0, 0.1) is 5.82 Å². The fraction of sp³-hybridized carbons (Fsp3) is 0.158. The SMILES string of the molecule is O=C(Nc1ccc(F)cc1)C1(c2cc(-c3ccccc3)on2)CC1. The highest BCUT2D eigenvalue weighted by atomic mass is 19.1. The van der Waals surface area contributed by atoms with Crippen molar-refractivity contribution in [3.05, 3.63) is 72.2 Å². The Kier molecular flexibility index (Phi) is 3.41. The van der Waals surface area contributed by atoms with Crippen LogP contribution in [-0.4, -0.2) is 11.1 Å². The molecule has 4 nitrogen and oxygen atoms in total. The summed E-state index contributed by atoms with van der Waals surface area (Å²) in [6.45, 7) is 0. The van der Waals surface area contributed by atoms with Gasteiger partial charge in [-0.2, -0.15) is 0 Å². The summed E-state index contributed by atoms with van der Waals surface area (Å²) in [5.74, 6) is 0.173. The van der Waals surface area contributed by atoms with Crippen LogP contribution in [-0.2, 0) is 10.2 Å². The van der Waals surface area contributed by atoms with E-state index in [4.69, 9.17) is 4.52 Å². The van der Waals surface area contributed by atoms with Crippen LogP contribution in [0.25, 0.3) is 11.3 Å². The van der Waals surface area contributed by atoms with Gasteiger partial charge in [-0.05, 0) is 37.1 Å². The van der Waals surface area contributed by atoms with Gasteiger partial charge in [0.1, 0.15) is 5.82 Å². The second-order valence-electron chi connectivity index (χ2n) is 5.99. The average molecular weight is 322 g/mol. The molecular formula is C19H15FN2O2. The number of rotatable bonds is 4. The molecule has 0 spiro atoms. The van der Waals surface area contributed by atoms with E-state index in [0.29, 0.717) is 17.1 Å². The average Bonchev–Trinajstić information content (AvgIpc) is 3.28. The van der Waals surface area contributed by atoms with E-state index in [0.717, 1.165) is 18.4 Å². The zero-order chi connectivity index (χ0) is 16.6. The fourth-order valence-electron chi connectivity index (χ4n) is 2.75. The second-order valence-corrected chi connectivity index (χ2v) is 5.99. The topological polar surface area (TPSA) is 55.1 Å². The maximum absolute atomic E-state index is 13.0. The molecule has 1 aliphatic rings. The highest BCUT2D eigenvalue weighted by Gasteiger charge is 2.53. The molecule has 2 aromatic carbocycles. The maximum Gasteiger partial charge on any atom is 0.236 e. The van der Waals surface area contributed by atoms with Gasteiger partial charge in [-0.25, -0.2) is 4.39 Å². The highest BCUT2D eigenvalue weighted by molar-refractivity contribution is 6.01. The lowest BCUT2D eigenvalue weighted by Gasteiger charge is -2.12. The maximum atomic E-state index is 13.0. The molecule has 0 aliphatic heterocycles. The first-order valence-electron chi connectivity index (χ1n) is 7.77. The standard InChI is InChI=1S/C19H15FN2O2/c20-14-6-8-15(9-7-14)21-18(23)19(10-11-19)17-12-16(24-22-17)13-4-2-1-3-5-13/h1-9,12H,10-11H2,(H,21,23). The smallest absolute Gasteiger partial charge is 0.236 e. The summed E-state index contributed by atoms with van der Waals surface area (Å²) >= 11 is 0. The van der Waals surface area contributed by atoms with Crippen molar-refractivity contribution < 1.29 is 13.7 Å². The Morgan fingerprint density at radius 2 is 1.79 bits per heavy atom. The number of hydrogen-bond donors (Lipinski definition) is 1. The van der Waals surface area contributed by atoms with E-state index in [1.807, 2.05) is 36.4 Å². The third kappa shape index (κ3) is 2.58. The monoisotopic (exact) mass is 322 g/mol. The minimum absolute atomic E-state index is 0.137. The minimum Gasteiger partial charge on any atom is -0.356 e. The molecule has 120 valence electrons. The van der Waals surface area contributed by atoms with Crippen LogP contribution in [0.3, 0.4) is 0 Å². The Bertz CT molecular complexity index is 868. The van der Waals surface area contributed by atoms with Crippen LogP contribution in [0.15, 0.2) is 65.2 Å². The van der Waals surface area contributed by atoms with Crippen LogP contribution in [0.4, 0.5) is 10.1 Å². The third-order valence-corrected chi connectivity index (χ3v) is 4.35. The van der Waals surface area contributed by atoms with Gasteiger partial charge in [0, 0.05) is 17.3 Å². The molecule has 4 rings (SSSR count). The van der Waals surface area contributed by atoms with Gasteiger partial charge in [-0.3, -0.25) is 4.79 Å². The Morgan fingerprint density at radius 1 is 1.08 bits per heavy atom. The molecule has 1 fully saturated rings. The number of anilines is 1. The largest absolute Gasteiger partial charge is 0.356 e. The predicted octanol–water partition coefficient (Wildman–Crippen LogP) is 4.15. The number of nitrogens with zero attached hydrogens (tertiary/aromatic N) is 1. The number of nitrogens with one attached hydrogen (secondary N) is 1. The molecule has 0 saturated heterocycles. The summed E-state index contributed by atoms with van der Waals surface area (Å²) < 4.78 is 18.4. The molecule has 1 aliphatic carbocycles. The molecule has 1 aromatic heterocycles. The van der Waals surface area contributed by atoms with Gasteiger partial charge >= 0.3 is 0 Å². The van der Waals surface area contributed by atoms with Gasteiger partial charge < -0.3 is 9.84 Å². The van der Waals surface area contributed by atoms with Gasteiger partial charge in [-0.15, -0.1) is 0 Å². The number of carbonyl (C=O) groups excluding carboxylic acids is 1. The normalized spacial score (nSPS) is 15.0. The molecule has 0 radical (unpaired) electrons. The van der Waals surface area contributed by atoms with E-state index in [-0.39, 0.29) is 11.7 Å². The van der Waals surface area contributed by atoms with Crippen molar-refractivity contribution in [3.63, 3.8) is 0 Å². The molecule has 1 heterocycles. The lowest BCUT2D eigenvalue weighted by molar-refractivity contribution is -0.118.